The van der Waals surface area contributed by atoms with E-state index in [0.29, 0.717) is 17.4 Å². The Kier molecular flexibility index (Phi) is 3.58. The van der Waals surface area contributed by atoms with Crippen LogP contribution in [-0.4, -0.2) is 24.8 Å². The molecule has 2 unspecified atom stereocenters. The predicted molar refractivity (Wildman–Crippen MR) is 88.7 cm³/mol. The van der Waals surface area contributed by atoms with Gasteiger partial charge in [0.1, 0.15) is 0 Å². The first-order chi connectivity index (χ1) is 10.6. The molecule has 4 aliphatic rings. The van der Waals surface area contributed by atoms with Crippen LogP contribution >= 0.6 is 0 Å². The van der Waals surface area contributed by atoms with Gasteiger partial charge < -0.3 is 10.4 Å². The Morgan fingerprint density at radius 2 is 1.77 bits per heavy atom. The van der Waals surface area contributed by atoms with Crippen LogP contribution < -0.4 is 5.32 Å². The maximum absolute atomic E-state index is 9.10. The summed E-state index contributed by atoms with van der Waals surface area (Å²) in [5.74, 6) is 1.90. The van der Waals surface area contributed by atoms with Gasteiger partial charge >= 0.3 is 0 Å². The molecule has 4 aliphatic carbocycles. The number of hydrogen-bond donors (Lipinski definition) is 2. The highest BCUT2D eigenvalue weighted by Crippen LogP contribution is 2.65. The molecule has 3 N–H and O–H groups in total. The van der Waals surface area contributed by atoms with E-state index in [1.165, 1.54) is 50.6 Å². The van der Waals surface area contributed by atoms with Crippen molar-refractivity contribution in [3.8, 4) is 0 Å². The van der Waals surface area contributed by atoms with Gasteiger partial charge in [-0.1, -0.05) is 29.8 Å². The Bertz CT molecular complexity index is 521. The highest BCUT2D eigenvalue weighted by Gasteiger charge is 2.58. The first-order valence-corrected chi connectivity index (χ1v) is 9.13. The summed E-state index contributed by atoms with van der Waals surface area (Å²) >= 11 is 0. The van der Waals surface area contributed by atoms with E-state index in [-0.39, 0.29) is 0 Å². The van der Waals surface area contributed by atoms with Gasteiger partial charge in [0.15, 0.2) is 0 Å². The van der Waals surface area contributed by atoms with Crippen molar-refractivity contribution in [1.29, 1.82) is 0 Å². The monoisotopic (exact) mass is 300 g/mol. The lowest BCUT2D eigenvalue weighted by atomic mass is 9.43. The maximum atomic E-state index is 9.10. The highest BCUT2D eigenvalue weighted by atomic mass is 16.3. The number of aliphatic hydroxyl groups is 1. The predicted octanol–water partition coefficient (Wildman–Crippen LogP) is 2.39. The standard InChI is InChI=1S/C20H29NO/c1-15-2-4-18(5-3-15)20-11-16-8-17(12-20)10-19(9-16,13-20)14-21-6-7-22/h2-5,16-17,21-22H,6-14H2,1H3/p+1/t16-,17+,19?,20?. The largest absolute Gasteiger partial charge is 0.391 e. The molecule has 22 heavy (non-hydrogen) atoms. The van der Waals surface area contributed by atoms with Crippen molar-refractivity contribution in [2.24, 2.45) is 17.3 Å². The van der Waals surface area contributed by atoms with Gasteiger partial charge in [-0.2, -0.15) is 0 Å². The van der Waals surface area contributed by atoms with Crippen molar-refractivity contribution in [2.75, 3.05) is 19.7 Å². The summed E-state index contributed by atoms with van der Waals surface area (Å²) in [4.78, 5) is 0. The van der Waals surface area contributed by atoms with E-state index >= 15 is 0 Å². The highest BCUT2D eigenvalue weighted by molar-refractivity contribution is 5.32. The third-order valence-corrected chi connectivity index (χ3v) is 6.76. The van der Waals surface area contributed by atoms with Crippen LogP contribution in [0.5, 0.6) is 0 Å². The second-order valence-corrected chi connectivity index (χ2v) is 8.61. The molecule has 5 rings (SSSR count). The van der Waals surface area contributed by atoms with Crippen molar-refractivity contribution in [1.82, 2.24) is 0 Å². The summed E-state index contributed by atoms with van der Waals surface area (Å²) in [6.45, 7) is 4.60. The molecule has 0 saturated heterocycles. The fraction of sp³-hybridized carbons (Fsp3) is 0.700. The summed E-state index contributed by atoms with van der Waals surface area (Å²) in [5.41, 5.74) is 3.99. The van der Waals surface area contributed by atoms with E-state index in [2.05, 4.69) is 36.5 Å². The smallest absolute Gasteiger partial charge is 0.0990 e. The zero-order chi connectivity index (χ0) is 15.2. The van der Waals surface area contributed by atoms with Crippen molar-refractivity contribution in [3.63, 3.8) is 0 Å². The van der Waals surface area contributed by atoms with Crippen LogP contribution in [0.3, 0.4) is 0 Å². The minimum Gasteiger partial charge on any atom is -0.391 e. The fourth-order valence-corrected chi connectivity index (χ4v) is 6.44. The number of nitrogens with two attached hydrogens (primary N) is 1. The lowest BCUT2D eigenvalue weighted by Crippen LogP contribution is -2.88. The van der Waals surface area contributed by atoms with Crippen LogP contribution in [0.2, 0.25) is 0 Å². The molecule has 1 aromatic carbocycles. The normalized spacial score (nSPS) is 39.4. The Morgan fingerprint density at radius 1 is 1.09 bits per heavy atom. The van der Waals surface area contributed by atoms with Crippen LogP contribution in [0.4, 0.5) is 0 Å². The molecule has 2 heteroatoms. The molecule has 0 radical (unpaired) electrons. The minimum absolute atomic E-state index is 0.312. The fourth-order valence-electron chi connectivity index (χ4n) is 6.44. The van der Waals surface area contributed by atoms with Crippen molar-refractivity contribution in [2.45, 2.75) is 50.9 Å². The molecule has 1 aromatic rings. The van der Waals surface area contributed by atoms with Crippen LogP contribution in [0.25, 0.3) is 0 Å². The topological polar surface area (TPSA) is 36.8 Å². The van der Waals surface area contributed by atoms with Gasteiger partial charge in [-0.3, -0.25) is 0 Å². The van der Waals surface area contributed by atoms with Gasteiger partial charge in [-0.25, -0.2) is 0 Å². The number of aryl methyl sites for hydroxylation is 1. The third-order valence-electron chi connectivity index (χ3n) is 6.76. The first-order valence-electron chi connectivity index (χ1n) is 9.13. The quantitative estimate of drug-likeness (QED) is 0.805. The first kappa shape index (κ1) is 14.7. The molecule has 4 bridgehead atoms. The molecular weight excluding hydrogens is 270 g/mol. The molecule has 120 valence electrons. The molecule has 0 aliphatic heterocycles. The molecule has 4 atom stereocenters. The Morgan fingerprint density at radius 3 is 2.41 bits per heavy atom. The molecule has 2 nitrogen and oxygen atoms in total. The van der Waals surface area contributed by atoms with Gasteiger partial charge in [0.25, 0.3) is 0 Å². The lowest BCUT2D eigenvalue weighted by molar-refractivity contribution is -0.670. The van der Waals surface area contributed by atoms with E-state index < -0.39 is 0 Å². The van der Waals surface area contributed by atoms with Crippen molar-refractivity contribution < 1.29 is 10.4 Å². The minimum atomic E-state index is 0.312. The molecule has 0 aromatic heterocycles. The van der Waals surface area contributed by atoms with Gasteiger partial charge in [0.05, 0.1) is 19.7 Å². The van der Waals surface area contributed by atoms with Crippen LogP contribution in [0.1, 0.15) is 49.7 Å². The van der Waals surface area contributed by atoms with Crippen LogP contribution in [-0.2, 0) is 5.41 Å². The molecule has 4 fully saturated rings. The second kappa shape index (κ2) is 5.35. The lowest BCUT2D eigenvalue weighted by Gasteiger charge is -2.62. The summed E-state index contributed by atoms with van der Waals surface area (Å²) < 4.78 is 0. The summed E-state index contributed by atoms with van der Waals surface area (Å²) in [6, 6.07) is 9.43. The molecule has 4 saturated carbocycles. The van der Waals surface area contributed by atoms with E-state index in [0.717, 1.165) is 18.4 Å². The van der Waals surface area contributed by atoms with E-state index in [1.54, 1.807) is 5.56 Å². The zero-order valence-electron chi connectivity index (χ0n) is 13.9. The summed E-state index contributed by atoms with van der Waals surface area (Å²) in [7, 11) is 0. The number of aliphatic hydroxyl groups excluding tert-OH is 1. The van der Waals surface area contributed by atoms with E-state index in [1.807, 2.05) is 0 Å². The van der Waals surface area contributed by atoms with Crippen LogP contribution in [0.15, 0.2) is 24.3 Å². The second-order valence-electron chi connectivity index (χ2n) is 8.61. The summed E-state index contributed by atoms with van der Waals surface area (Å²) in [6.07, 6.45) is 8.61. The van der Waals surface area contributed by atoms with Gasteiger partial charge in [0.2, 0.25) is 0 Å². The third kappa shape index (κ3) is 2.41. The Balaban J connectivity index is 1.62. The number of quaternary nitrogens is 1. The Hall–Kier alpha value is -0.860. The number of benzene rings is 1. The van der Waals surface area contributed by atoms with Crippen molar-refractivity contribution >= 4 is 0 Å². The SMILES string of the molecule is Cc1ccc(C23C[C@@H]4C[C@@H](CC(C[NH2+]CCO)(C4)C2)C3)cc1. The molecular formula is C20H30NO+. The van der Waals surface area contributed by atoms with Crippen LogP contribution in [0, 0.1) is 24.2 Å². The average molecular weight is 300 g/mol. The van der Waals surface area contributed by atoms with Crippen molar-refractivity contribution in [3.05, 3.63) is 35.4 Å². The maximum Gasteiger partial charge on any atom is 0.0990 e. The molecule has 0 amide bonds. The van der Waals surface area contributed by atoms with Gasteiger partial charge in [-0.05, 0) is 68.3 Å². The van der Waals surface area contributed by atoms with E-state index in [4.69, 9.17) is 5.11 Å². The van der Waals surface area contributed by atoms with Gasteiger partial charge in [0, 0.05) is 5.41 Å². The molecule has 0 heterocycles. The average Bonchev–Trinajstić information content (AvgIpc) is 2.46. The Labute approximate surface area is 134 Å². The molecule has 0 spiro atoms. The number of hydrogen-bond acceptors (Lipinski definition) is 1. The number of rotatable bonds is 5. The summed E-state index contributed by atoms with van der Waals surface area (Å²) in [5, 5.41) is 11.5. The van der Waals surface area contributed by atoms with E-state index in [9.17, 15) is 0 Å². The zero-order valence-corrected chi connectivity index (χ0v) is 13.9. The van der Waals surface area contributed by atoms with Gasteiger partial charge in [-0.15, -0.1) is 0 Å².